The molecule has 5 heteroatoms. The number of thiazole rings is 1. The van der Waals surface area contributed by atoms with E-state index in [0.717, 1.165) is 27.5 Å². The van der Waals surface area contributed by atoms with Crippen molar-refractivity contribution in [2.24, 2.45) is 4.99 Å². The summed E-state index contributed by atoms with van der Waals surface area (Å²) in [6, 6.07) is 28.9. The smallest absolute Gasteiger partial charge is 0.190 e. The molecule has 1 aromatic heterocycles. The van der Waals surface area contributed by atoms with Gasteiger partial charge in [0, 0.05) is 11.1 Å². The van der Waals surface area contributed by atoms with Gasteiger partial charge in [-0.25, -0.2) is 0 Å². The third kappa shape index (κ3) is 4.43. The van der Waals surface area contributed by atoms with E-state index in [4.69, 9.17) is 9.73 Å². The van der Waals surface area contributed by atoms with Crippen molar-refractivity contribution in [2.75, 3.05) is 7.11 Å². The number of hydrogen-bond acceptors (Lipinski definition) is 3. The lowest BCUT2D eigenvalue weighted by atomic mass is 10.1. The molecule has 0 aliphatic heterocycles. The second-order valence-corrected chi connectivity index (χ2v) is 6.94. The van der Waals surface area contributed by atoms with Crippen molar-refractivity contribution in [1.29, 1.82) is 0 Å². The van der Waals surface area contributed by atoms with E-state index in [9.17, 15) is 0 Å². The van der Waals surface area contributed by atoms with Crippen LogP contribution >= 0.6 is 11.3 Å². The van der Waals surface area contributed by atoms with Crippen LogP contribution in [0.3, 0.4) is 0 Å². The molecular weight excluding hydrogens is 432 g/mol. The van der Waals surface area contributed by atoms with Crippen molar-refractivity contribution in [2.45, 2.75) is 6.54 Å². The fourth-order valence-electron chi connectivity index (χ4n) is 2.95. The van der Waals surface area contributed by atoms with Crippen LogP contribution in [0.2, 0.25) is 0 Å². The molecule has 0 fully saturated rings. The fourth-order valence-corrected chi connectivity index (χ4v) is 3.86. The van der Waals surface area contributed by atoms with Crippen LogP contribution in [0.5, 0.6) is 5.75 Å². The van der Waals surface area contributed by atoms with Crippen molar-refractivity contribution in [3.05, 3.63) is 101 Å². The van der Waals surface area contributed by atoms with E-state index in [1.807, 2.05) is 36.4 Å². The highest BCUT2D eigenvalue weighted by Gasteiger charge is 2.10. The molecule has 0 bridgehead atoms. The van der Waals surface area contributed by atoms with Crippen LogP contribution in [0.15, 0.2) is 95.3 Å². The molecule has 0 aliphatic carbocycles. The Labute approximate surface area is 179 Å². The van der Waals surface area contributed by atoms with E-state index in [2.05, 4.69) is 58.5 Å². The molecule has 3 aromatic carbocycles. The Hall–Kier alpha value is -2.63. The summed E-state index contributed by atoms with van der Waals surface area (Å²) < 4.78 is 7.51. The Bertz CT molecular complexity index is 1070. The lowest BCUT2D eigenvalue weighted by molar-refractivity contribution is -0.00000562. The SMILES string of the molecule is COc1ccc(-c2csc(=NCc3ccccc3)n2-c2ccccc2)cc1.[Br-]. The van der Waals surface area contributed by atoms with E-state index in [1.54, 1.807) is 18.4 Å². The number of halogens is 1. The zero-order chi connectivity index (χ0) is 18.5. The van der Waals surface area contributed by atoms with Crippen molar-refractivity contribution in [3.8, 4) is 22.7 Å². The van der Waals surface area contributed by atoms with E-state index < -0.39 is 0 Å². The van der Waals surface area contributed by atoms with Crippen LogP contribution in [0.4, 0.5) is 0 Å². The van der Waals surface area contributed by atoms with Crippen LogP contribution in [-0.2, 0) is 6.54 Å². The number of ether oxygens (including phenoxy) is 1. The highest BCUT2D eigenvalue weighted by molar-refractivity contribution is 7.07. The summed E-state index contributed by atoms with van der Waals surface area (Å²) in [6.45, 7) is 0.663. The minimum atomic E-state index is 0. The third-order valence-electron chi connectivity index (χ3n) is 4.35. The zero-order valence-corrected chi connectivity index (χ0v) is 17.9. The molecule has 0 saturated heterocycles. The van der Waals surface area contributed by atoms with Gasteiger partial charge >= 0.3 is 0 Å². The molecule has 3 nitrogen and oxygen atoms in total. The standard InChI is InChI=1S/C23H20N2OS.BrH/c1-26-21-14-12-19(13-15-21)22-17-27-23(24-16-18-8-4-2-5-9-18)25(22)20-10-6-3-7-11-20;/h2-15,17H,16H2,1H3;1H/p-1. The number of nitrogens with zero attached hydrogens (tertiary/aromatic N) is 2. The van der Waals surface area contributed by atoms with Crippen molar-refractivity contribution >= 4 is 11.3 Å². The zero-order valence-electron chi connectivity index (χ0n) is 15.5. The molecule has 0 aliphatic rings. The molecule has 4 rings (SSSR count). The van der Waals surface area contributed by atoms with Gasteiger partial charge in [-0.15, -0.1) is 11.3 Å². The van der Waals surface area contributed by atoms with E-state index >= 15 is 0 Å². The van der Waals surface area contributed by atoms with Gasteiger partial charge in [0.15, 0.2) is 4.80 Å². The topological polar surface area (TPSA) is 26.5 Å². The summed E-state index contributed by atoms with van der Waals surface area (Å²) in [6.07, 6.45) is 0. The number of benzene rings is 3. The number of methoxy groups -OCH3 is 1. The first-order valence-corrected chi connectivity index (χ1v) is 9.68. The van der Waals surface area contributed by atoms with Crippen molar-refractivity contribution in [3.63, 3.8) is 0 Å². The second kappa shape index (κ2) is 9.53. The lowest BCUT2D eigenvalue weighted by Gasteiger charge is -2.10. The number of aromatic nitrogens is 1. The van der Waals surface area contributed by atoms with Gasteiger partial charge in [-0.1, -0.05) is 48.5 Å². The Kier molecular flexibility index (Phi) is 6.85. The van der Waals surface area contributed by atoms with Crippen molar-refractivity contribution < 1.29 is 21.7 Å². The minimum absolute atomic E-state index is 0. The highest BCUT2D eigenvalue weighted by Crippen LogP contribution is 2.25. The predicted molar refractivity (Wildman–Crippen MR) is 111 cm³/mol. The maximum atomic E-state index is 5.29. The molecule has 4 aromatic rings. The van der Waals surface area contributed by atoms with Gasteiger partial charge in [0.05, 0.1) is 19.3 Å². The maximum Gasteiger partial charge on any atom is 0.190 e. The number of rotatable bonds is 5. The van der Waals surface area contributed by atoms with Gasteiger partial charge < -0.3 is 21.7 Å². The molecule has 0 spiro atoms. The van der Waals surface area contributed by atoms with E-state index in [-0.39, 0.29) is 17.0 Å². The summed E-state index contributed by atoms with van der Waals surface area (Å²) in [5.74, 6) is 0.856. The van der Waals surface area contributed by atoms with Gasteiger partial charge in [-0.3, -0.25) is 9.56 Å². The van der Waals surface area contributed by atoms with Crippen LogP contribution in [0.25, 0.3) is 16.9 Å². The minimum Gasteiger partial charge on any atom is -1.00 e. The van der Waals surface area contributed by atoms with Crippen LogP contribution < -0.4 is 26.5 Å². The predicted octanol–water partition coefficient (Wildman–Crippen LogP) is 2.32. The monoisotopic (exact) mass is 451 g/mol. The van der Waals surface area contributed by atoms with Gasteiger partial charge in [-0.05, 0) is 47.5 Å². The highest BCUT2D eigenvalue weighted by atomic mass is 79.9. The molecule has 0 N–H and O–H groups in total. The average molecular weight is 452 g/mol. The van der Waals surface area contributed by atoms with Gasteiger partial charge in [0.25, 0.3) is 0 Å². The first-order valence-electron chi connectivity index (χ1n) is 8.80. The molecule has 0 atom stereocenters. The average Bonchev–Trinajstić information content (AvgIpc) is 3.17. The quantitative estimate of drug-likeness (QED) is 0.457. The molecule has 28 heavy (non-hydrogen) atoms. The van der Waals surface area contributed by atoms with Gasteiger partial charge in [-0.2, -0.15) is 0 Å². The fraction of sp³-hybridized carbons (Fsp3) is 0.0870. The first kappa shape index (κ1) is 20.1. The summed E-state index contributed by atoms with van der Waals surface area (Å²) >= 11 is 1.66. The third-order valence-corrected chi connectivity index (χ3v) is 5.21. The maximum absolute atomic E-state index is 5.29. The summed E-state index contributed by atoms with van der Waals surface area (Å²) in [5.41, 5.74) is 4.57. The van der Waals surface area contributed by atoms with E-state index in [1.165, 1.54) is 5.56 Å². The van der Waals surface area contributed by atoms with Gasteiger partial charge in [0.2, 0.25) is 0 Å². The second-order valence-electron chi connectivity index (χ2n) is 6.10. The molecule has 142 valence electrons. The molecule has 1 heterocycles. The van der Waals surface area contributed by atoms with Crippen LogP contribution in [-0.4, -0.2) is 11.7 Å². The molecule has 0 saturated carbocycles. The Balaban J connectivity index is 0.00000225. The first-order chi connectivity index (χ1) is 13.3. The Morgan fingerprint density at radius 3 is 2.14 bits per heavy atom. The lowest BCUT2D eigenvalue weighted by Crippen LogP contribution is -3.00. The Morgan fingerprint density at radius 2 is 1.50 bits per heavy atom. The van der Waals surface area contributed by atoms with Crippen LogP contribution in [0.1, 0.15) is 5.56 Å². The summed E-state index contributed by atoms with van der Waals surface area (Å²) in [4.78, 5) is 5.87. The molecule has 0 amide bonds. The summed E-state index contributed by atoms with van der Waals surface area (Å²) in [7, 11) is 1.68. The largest absolute Gasteiger partial charge is 1.00 e. The van der Waals surface area contributed by atoms with Crippen LogP contribution in [0, 0.1) is 0 Å². The molecular formula is C23H20BrN2OS-. The number of hydrogen-bond donors (Lipinski definition) is 0. The summed E-state index contributed by atoms with van der Waals surface area (Å²) in [5, 5.41) is 2.17. The molecule has 0 radical (unpaired) electrons. The normalized spacial score (nSPS) is 11.1. The van der Waals surface area contributed by atoms with Gasteiger partial charge in [0.1, 0.15) is 5.75 Å². The van der Waals surface area contributed by atoms with Crippen molar-refractivity contribution in [1.82, 2.24) is 4.57 Å². The molecule has 0 unspecified atom stereocenters. The Morgan fingerprint density at radius 1 is 0.857 bits per heavy atom. The van der Waals surface area contributed by atoms with E-state index in [0.29, 0.717) is 6.54 Å². The number of para-hydroxylation sites is 1.